The molecule has 188 valence electrons. The maximum atomic E-state index is 13.2. The molecule has 0 heterocycles. The molecule has 0 saturated heterocycles. The first-order valence-corrected chi connectivity index (χ1v) is 11.7. The smallest absolute Gasteiger partial charge is 0.336 e. The predicted octanol–water partition coefficient (Wildman–Crippen LogP) is 1.89. The Kier molecular flexibility index (Phi) is 9.35. The van der Waals surface area contributed by atoms with Gasteiger partial charge in [0.25, 0.3) is 5.91 Å². The van der Waals surface area contributed by atoms with Crippen molar-refractivity contribution in [2.24, 2.45) is 11.5 Å². The van der Waals surface area contributed by atoms with E-state index < -0.39 is 40.6 Å². The van der Waals surface area contributed by atoms with Gasteiger partial charge < -0.3 is 31.1 Å². The van der Waals surface area contributed by atoms with Crippen molar-refractivity contribution in [2.75, 3.05) is 0 Å². The van der Waals surface area contributed by atoms with Crippen LogP contribution in [0.4, 0.5) is 0 Å². The Balaban J connectivity index is 2.01. The van der Waals surface area contributed by atoms with Crippen molar-refractivity contribution in [3.8, 4) is 0 Å². The van der Waals surface area contributed by atoms with E-state index in [0.717, 1.165) is 18.4 Å². The van der Waals surface area contributed by atoms with Crippen LogP contribution in [-0.2, 0) is 35.3 Å². The quantitative estimate of drug-likeness (QED) is 0.249. The largest absolute Gasteiger partial charge is 0.460 e. The van der Waals surface area contributed by atoms with Crippen LogP contribution in [0, 0.1) is 0 Å². The summed E-state index contributed by atoms with van der Waals surface area (Å²) in [5.74, 6) is -2.24. The molecule has 0 bridgehead atoms. The number of nitrogens with two attached hydrogens (primary N) is 2. The third-order valence-electron chi connectivity index (χ3n) is 5.87. The van der Waals surface area contributed by atoms with Crippen molar-refractivity contribution in [3.05, 3.63) is 35.9 Å². The number of rotatable bonds is 11. The fourth-order valence-corrected chi connectivity index (χ4v) is 3.85. The van der Waals surface area contributed by atoms with Crippen molar-refractivity contribution >= 4 is 24.1 Å². The Labute approximate surface area is 200 Å². The number of benzene rings is 1. The fraction of sp³-hybridized carbons (Fsp3) is 0.600. The van der Waals surface area contributed by atoms with E-state index in [9.17, 15) is 19.2 Å². The molecule has 5 N–H and O–H groups in total. The first-order valence-electron chi connectivity index (χ1n) is 11.7. The molecule has 1 aromatic carbocycles. The van der Waals surface area contributed by atoms with Gasteiger partial charge in [0.2, 0.25) is 0 Å². The second-order valence-corrected chi connectivity index (χ2v) is 10.0. The lowest BCUT2D eigenvalue weighted by molar-refractivity contribution is -0.165. The maximum Gasteiger partial charge on any atom is 0.336 e. The summed E-state index contributed by atoms with van der Waals surface area (Å²) in [7, 11) is 0. The van der Waals surface area contributed by atoms with Crippen molar-refractivity contribution in [1.82, 2.24) is 5.32 Å². The number of aldehydes is 1. The monoisotopic (exact) mass is 475 g/mol. The summed E-state index contributed by atoms with van der Waals surface area (Å²) in [5.41, 5.74) is 9.20. The van der Waals surface area contributed by atoms with Gasteiger partial charge in [0, 0.05) is 0 Å². The van der Waals surface area contributed by atoms with Gasteiger partial charge in [-0.15, -0.1) is 0 Å². The summed E-state index contributed by atoms with van der Waals surface area (Å²) in [6, 6.07) is 8.26. The number of carbonyl (C=O) groups excluding carboxylic acids is 4. The highest BCUT2D eigenvalue weighted by Crippen LogP contribution is 2.29. The molecule has 1 fully saturated rings. The van der Waals surface area contributed by atoms with Gasteiger partial charge in [-0.3, -0.25) is 9.59 Å². The molecule has 9 heteroatoms. The van der Waals surface area contributed by atoms with Crippen LogP contribution in [0.25, 0.3) is 0 Å². The van der Waals surface area contributed by atoms with E-state index in [1.165, 1.54) is 0 Å². The zero-order chi connectivity index (χ0) is 25.4. The Hall–Kier alpha value is -2.78. The molecule has 0 aromatic heterocycles. The second kappa shape index (κ2) is 11.6. The minimum absolute atomic E-state index is 0.0995. The summed E-state index contributed by atoms with van der Waals surface area (Å²) in [6.45, 7) is 5.12. The highest BCUT2D eigenvalue weighted by atomic mass is 16.6. The van der Waals surface area contributed by atoms with Crippen molar-refractivity contribution < 1.29 is 28.7 Å². The molecule has 2 rings (SSSR count). The SMILES string of the molecule is CC(C)(C)OC(=O)[C@](N)(CCCC(N)C(=O)OCc1ccccc1)C(=O)NC1(C=O)CCCC1. The zero-order valence-electron chi connectivity index (χ0n) is 20.3. The van der Waals surface area contributed by atoms with Crippen LogP contribution < -0.4 is 16.8 Å². The lowest BCUT2D eigenvalue weighted by atomic mass is 9.89. The van der Waals surface area contributed by atoms with E-state index in [1.807, 2.05) is 30.3 Å². The minimum Gasteiger partial charge on any atom is -0.460 e. The molecule has 0 spiro atoms. The second-order valence-electron chi connectivity index (χ2n) is 10.0. The average Bonchev–Trinajstić information content (AvgIpc) is 3.25. The maximum absolute atomic E-state index is 13.2. The molecule has 9 nitrogen and oxygen atoms in total. The summed E-state index contributed by atoms with van der Waals surface area (Å²) in [6.07, 6.45) is 3.52. The lowest BCUT2D eigenvalue weighted by Gasteiger charge is -2.33. The van der Waals surface area contributed by atoms with Crippen molar-refractivity contribution in [3.63, 3.8) is 0 Å². The predicted molar refractivity (Wildman–Crippen MR) is 126 cm³/mol. The van der Waals surface area contributed by atoms with Gasteiger partial charge in [0.15, 0.2) is 5.54 Å². The zero-order valence-corrected chi connectivity index (χ0v) is 20.3. The van der Waals surface area contributed by atoms with E-state index in [-0.39, 0.29) is 25.9 Å². The normalized spacial score (nSPS) is 17.8. The number of ether oxygens (including phenoxy) is 2. The minimum atomic E-state index is -2.03. The van der Waals surface area contributed by atoms with Gasteiger partial charge in [0.05, 0.1) is 5.54 Å². The van der Waals surface area contributed by atoms with Crippen LogP contribution in [-0.4, -0.2) is 46.9 Å². The van der Waals surface area contributed by atoms with Gasteiger partial charge in [-0.25, -0.2) is 4.79 Å². The topological polar surface area (TPSA) is 151 Å². The summed E-state index contributed by atoms with van der Waals surface area (Å²) >= 11 is 0. The summed E-state index contributed by atoms with van der Waals surface area (Å²) in [4.78, 5) is 50.0. The fourth-order valence-electron chi connectivity index (χ4n) is 3.85. The molecule has 0 aliphatic heterocycles. The number of esters is 2. The van der Waals surface area contributed by atoms with Gasteiger partial charge in [-0.05, 0) is 58.4 Å². The molecular weight excluding hydrogens is 438 g/mol. The Morgan fingerprint density at radius 3 is 2.32 bits per heavy atom. The molecule has 2 atom stereocenters. The summed E-state index contributed by atoms with van der Waals surface area (Å²) in [5, 5.41) is 2.69. The van der Waals surface area contributed by atoms with Crippen molar-refractivity contribution in [1.29, 1.82) is 0 Å². The Morgan fingerprint density at radius 1 is 1.15 bits per heavy atom. The summed E-state index contributed by atoms with van der Waals surface area (Å²) < 4.78 is 10.7. The third kappa shape index (κ3) is 7.63. The van der Waals surface area contributed by atoms with Gasteiger partial charge in [-0.2, -0.15) is 0 Å². The number of nitrogens with one attached hydrogen (secondary N) is 1. The van der Waals surface area contributed by atoms with E-state index in [2.05, 4.69) is 5.32 Å². The highest BCUT2D eigenvalue weighted by Gasteiger charge is 2.48. The number of carbonyl (C=O) groups is 4. The van der Waals surface area contributed by atoms with Crippen LogP contribution in [0.15, 0.2) is 30.3 Å². The number of amides is 1. The van der Waals surface area contributed by atoms with E-state index in [1.54, 1.807) is 20.8 Å². The molecule has 1 amide bonds. The van der Waals surface area contributed by atoms with Crippen molar-refractivity contribution in [2.45, 2.75) is 95.0 Å². The number of hydrogen-bond acceptors (Lipinski definition) is 8. The van der Waals surface area contributed by atoms with E-state index >= 15 is 0 Å². The van der Waals surface area contributed by atoms with Gasteiger partial charge in [-0.1, -0.05) is 43.2 Å². The molecule has 34 heavy (non-hydrogen) atoms. The molecule has 1 aliphatic rings. The lowest BCUT2D eigenvalue weighted by Crippen LogP contribution is -2.65. The van der Waals surface area contributed by atoms with Gasteiger partial charge >= 0.3 is 11.9 Å². The van der Waals surface area contributed by atoms with Crippen LogP contribution in [0.5, 0.6) is 0 Å². The number of hydrogen-bond donors (Lipinski definition) is 3. The van der Waals surface area contributed by atoms with Gasteiger partial charge in [0.1, 0.15) is 24.5 Å². The van der Waals surface area contributed by atoms with E-state index in [0.29, 0.717) is 19.1 Å². The van der Waals surface area contributed by atoms with Crippen LogP contribution in [0.2, 0.25) is 0 Å². The molecular formula is C25H37N3O6. The van der Waals surface area contributed by atoms with E-state index in [4.69, 9.17) is 20.9 Å². The highest BCUT2D eigenvalue weighted by molar-refractivity contribution is 6.08. The Bertz CT molecular complexity index is 861. The average molecular weight is 476 g/mol. The molecule has 1 aromatic rings. The molecule has 1 aliphatic carbocycles. The molecule has 0 radical (unpaired) electrons. The molecule has 1 saturated carbocycles. The Morgan fingerprint density at radius 2 is 1.76 bits per heavy atom. The van der Waals surface area contributed by atoms with Crippen LogP contribution >= 0.6 is 0 Å². The first-order chi connectivity index (χ1) is 15.9. The standard InChI is InChI=1S/C25H37N3O6/c1-23(2,3)34-22(32)25(27,21(31)28-24(17-29)13-7-8-14-24)15-9-12-19(26)20(30)33-16-18-10-5-4-6-11-18/h4-6,10-11,17,19H,7-9,12-16,26-27H2,1-3H3,(H,28,31)/t19?,25-/m0/s1. The first kappa shape index (κ1) is 27.5. The van der Waals surface area contributed by atoms with Crippen LogP contribution in [0.1, 0.15) is 71.3 Å². The molecule has 1 unspecified atom stereocenters. The van der Waals surface area contributed by atoms with Crippen LogP contribution in [0.3, 0.4) is 0 Å². The third-order valence-corrected chi connectivity index (χ3v) is 5.87.